The summed E-state index contributed by atoms with van der Waals surface area (Å²) in [6.45, 7) is 7.84. The zero-order valence-corrected chi connectivity index (χ0v) is 12.4. The second-order valence-electron chi connectivity index (χ2n) is 4.61. The number of nitrogens with two attached hydrogens (primary N) is 1. The Balaban J connectivity index is 2.51. The van der Waals surface area contributed by atoms with E-state index in [-0.39, 0.29) is 5.91 Å². The standard InChI is InChI=1S/C15H25N3O2/c1-3-5-10-18(4-2)11-12-20-14-9-7-6-8-13(14)15(19)17-16/h6-9H,3-5,10-12,16H2,1-2H3,(H,17,19). The van der Waals surface area contributed by atoms with Crippen LogP contribution in [0.3, 0.4) is 0 Å². The molecule has 1 aromatic rings. The Morgan fingerprint density at radius 2 is 2.05 bits per heavy atom. The number of hydrogen-bond acceptors (Lipinski definition) is 4. The number of benzene rings is 1. The van der Waals surface area contributed by atoms with E-state index in [2.05, 4.69) is 24.2 Å². The second kappa shape index (κ2) is 9.34. The Labute approximate surface area is 121 Å². The molecule has 20 heavy (non-hydrogen) atoms. The van der Waals surface area contributed by atoms with E-state index in [4.69, 9.17) is 10.6 Å². The van der Waals surface area contributed by atoms with Crippen LogP contribution in [0.15, 0.2) is 24.3 Å². The number of carbonyl (C=O) groups is 1. The van der Waals surface area contributed by atoms with Crippen LogP contribution in [0.2, 0.25) is 0 Å². The minimum Gasteiger partial charge on any atom is -0.491 e. The summed E-state index contributed by atoms with van der Waals surface area (Å²) in [6, 6.07) is 7.12. The first-order chi connectivity index (χ1) is 9.72. The lowest BCUT2D eigenvalue weighted by atomic mass is 10.2. The lowest BCUT2D eigenvalue weighted by Gasteiger charge is -2.20. The van der Waals surface area contributed by atoms with Gasteiger partial charge in [-0.2, -0.15) is 0 Å². The van der Waals surface area contributed by atoms with E-state index in [1.165, 1.54) is 12.8 Å². The Hall–Kier alpha value is -1.59. The van der Waals surface area contributed by atoms with Crippen molar-refractivity contribution in [2.24, 2.45) is 5.84 Å². The Bertz CT molecular complexity index is 410. The largest absolute Gasteiger partial charge is 0.491 e. The number of nitrogens with zero attached hydrogens (tertiary/aromatic N) is 1. The molecule has 0 aliphatic heterocycles. The third-order valence-corrected chi connectivity index (χ3v) is 3.20. The number of hydrazine groups is 1. The molecular formula is C15H25N3O2. The maximum absolute atomic E-state index is 11.6. The molecule has 5 heteroatoms. The third kappa shape index (κ3) is 5.19. The smallest absolute Gasteiger partial charge is 0.268 e. The topological polar surface area (TPSA) is 67.6 Å². The molecule has 0 radical (unpaired) electrons. The van der Waals surface area contributed by atoms with Gasteiger partial charge < -0.3 is 9.64 Å². The predicted molar refractivity (Wildman–Crippen MR) is 80.6 cm³/mol. The molecule has 5 nitrogen and oxygen atoms in total. The molecule has 0 spiro atoms. The van der Waals surface area contributed by atoms with Crippen LogP contribution in [-0.4, -0.2) is 37.0 Å². The molecule has 1 rings (SSSR count). The summed E-state index contributed by atoms with van der Waals surface area (Å²) in [5, 5.41) is 0. The van der Waals surface area contributed by atoms with Gasteiger partial charge in [-0.3, -0.25) is 10.2 Å². The van der Waals surface area contributed by atoms with Crippen molar-refractivity contribution in [3.05, 3.63) is 29.8 Å². The van der Waals surface area contributed by atoms with Crippen molar-refractivity contribution in [3.63, 3.8) is 0 Å². The van der Waals surface area contributed by atoms with Crippen molar-refractivity contribution < 1.29 is 9.53 Å². The minimum absolute atomic E-state index is 0.334. The fourth-order valence-electron chi connectivity index (χ4n) is 1.95. The number of para-hydroxylation sites is 1. The van der Waals surface area contributed by atoms with E-state index in [1.807, 2.05) is 6.07 Å². The van der Waals surface area contributed by atoms with Crippen LogP contribution in [0, 0.1) is 0 Å². The van der Waals surface area contributed by atoms with E-state index in [1.54, 1.807) is 18.2 Å². The lowest BCUT2D eigenvalue weighted by Crippen LogP contribution is -2.31. The summed E-state index contributed by atoms with van der Waals surface area (Å²) in [4.78, 5) is 13.9. The number of nitrogens with one attached hydrogen (secondary N) is 1. The molecule has 1 amide bonds. The fraction of sp³-hybridized carbons (Fsp3) is 0.533. The van der Waals surface area contributed by atoms with Gasteiger partial charge in [0.15, 0.2) is 0 Å². The molecule has 1 aromatic carbocycles. The monoisotopic (exact) mass is 279 g/mol. The summed E-state index contributed by atoms with van der Waals surface area (Å²) >= 11 is 0. The Morgan fingerprint density at radius 3 is 2.70 bits per heavy atom. The van der Waals surface area contributed by atoms with E-state index >= 15 is 0 Å². The highest BCUT2D eigenvalue weighted by molar-refractivity contribution is 5.96. The van der Waals surface area contributed by atoms with E-state index in [0.29, 0.717) is 17.9 Å². The third-order valence-electron chi connectivity index (χ3n) is 3.20. The first-order valence-electron chi connectivity index (χ1n) is 7.18. The highest BCUT2D eigenvalue weighted by atomic mass is 16.5. The Morgan fingerprint density at radius 1 is 1.30 bits per heavy atom. The molecule has 0 heterocycles. The maximum atomic E-state index is 11.6. The number of amides is 1. The molecule has 0 saturated heterocycles. The minimum atomic E-state index is -0.334. The number of likely N-dealkylation sites (N-methyl/N-ethyl adjacent to an activating group) is 1. The zero-order valence-electron chi connectivity index (χ0n) is 12.4. The summed E-state index contributed by atoms with van der Waals surface area (Å²) in [5.74, 6) is 5.40. The lowest BCUT2D eigenvalue weighted by molar-refractivity contribution is 0.0948. The molecule has 112 valence electrons. The van der Waals surface area contributed by atoms with Crippen molar-refractivity contribution in [2.45, 2.75) is 26.7 Å². The van der Waals surface area contributed by atoms with Crippen LogP contribution in [0.25, 0.3) is 0 Å². The number of carbonyl (C=O) groups excluding carboxylic acids is 1. The van der Waals surface area contributed by atoms with Gasteiger partial charge in [0.2, 0.25) is 0 Å². The maximum Gasteiger partial charge on any atom is 0.268 e. The van der Waals surface area contributed by atoms with E-state index < -0.39 is 0 Å². The van der Waals surface area contributed by atoms with Crippen molar-refractivity contribution in [3.8, 4) is 5.75 Å². The molecule has 0 aliphatic rings. The fourth-order valence-corrected chi connectivity index (χ4v) is 1.95. The van der Waals surface area contributed by atoms with Crippen LogP contribution in [0.1, 0.15) is 37.0 Å². The van der Waals surface area contributed by atoms with Crippen molar-refractivity contribution in [1.29, 1.82) is 0 Å². The summed E-state index contributed by atoms with van der Waals surface area (Å²) < 4.78 is 5.71. The van der Waals surface area contributed by atoms with E-state index in [0.717, 1.165) is 19.6 Å². The highest BCUT2D eigenvalue weighted by Gasteiger charge is 2.10. The van der Waals surface area contributed by atoms with Crippen molar-refractivity contribution in [1.82, 2.24) is 10.3 Å². The van der Waals surface area contributed by atoms with Gasteiger partial charge in [-0.15, -0.1) is 0 Å². The predicted octanol–water partition coefficient (Wildman–Crippen LogP) is 1.79. The summed E-state index contributed by atoms with van der Waals surface area (Å²) in [6.07, 6.45) is 2.39. The quantitative estimate of drug-likeness (QED) is 0.411. The normalized spacial score (nSPS) is 10.6. The van der Waals surface area contributed by atoms with Gasteiger partial charge in [0.1, 0.15) is 12.4 Å². The molecule has 0 aromatic heterocycles. The van der Waals surface area contributed by atoms with Crippen LogP contribution >= 0.6 is 0 Å². The molecule has 3 N–H and O–H groups in total. The SMILES string of the molecule is CCCCN(CC)CCOc1ccccc1C(=O)NN. The average molecular weight is 279 g/mol. The van der Waals surface area contributed by atoms with Crippen LogP contribution < -0.4 is 16.0 Å². The highest BCUT2D eigenvalue weighted by Crippen LogP contribution is 2.17. The molecule has 0 fully saturated rings. The number of ether oxygens (including phenoxy) is 1. The van der Waals surface area contributed by atoms with Gasteiger partial charge in [0, 0.05) is 6.54 Å². The van der Waals surface area contributed by atoms with Gasteiger partial charge in [0.25, 0.3) is 5.91 Å². The number of hydrogen-bond donors (Lipinski definition) is 2. The van der Waals surface area contributed by atoms with Crippen LogP contribution in [-0.2, 0) is 0 Å². The zero-order chi connectivity index (χ0) is 14.8. The van der Waals surface area contributed by atoms with Gasteiger partial charge in [-0.25, -0.2) is 5.84 Å². The Kier molecular flexibility index (Phi) is 7.69. The molecule has 0 saturated carbocycles. The number of nitrogen functional groups attached to an aromatic ring is 1. The first kappa shape index (κ1) is 16.5. The van der Waals surface area contributed by atoms with Gasteiger partial charge in [-0.05, 0) is 31.6 Å². The van der Waals surface area contributed by atoms with Gasteiger partial charge >= 0.3 is 0 Å². The average Bonchev–Trinajstić information content (AvgIpc) is 2.50. The summed E-state index contributed by atoms with van der Waals surface area (Å²) in [5.41, 5.74) is 2.60. The van der Waals surface area contributed by atoms with Crippen molar-refractivity contribution in [2.75, 3.05) is 26.2 Å². The van der Waals surface area contributed by atoms with E-state index in [9.17, 15) is 4.79 Å². The van der Waals surface area contributed by atoms with Crippen molar-refractivity contribution >= 4 is 5.91 Å². The molecular weight excluding hydrogens is 254 g/mol. The van der Waals surface area contributed by atoms with Gasteiger partial charge in [-0.1, -0.05) is 32.4 Å². The molecule has 0 atom stereocenters. The van der Waals surface area contributed by atoms with Crippen LogP contribution in [0.5, 0.6) is 5.75 Å². The van der Waals surface area contributed by atoms with Crippen LogP contribution in [0.4, 0.5) is 0 Å². The second-order valence-corrected chi connectivity index (χ2v) is 4.61. The van der Waals surface area contributed by atoms with Gasteiger partial charge in [0.05, 0.1) is 5.56 Å². The number of rotatable bonds is 9. The molecule has 0 unspecified atom stereocenters. The number of unbranched alkanes of at least 4 members (excludes halogenated alkanes) is 1. The summed E-state index contributed by atoms with van der Waals surface area (Å²) in [7, 11) is 0. The molecule has 0 bridgehead atoms. The first-order valence-corrected chi connectivity index (χ1v) is 7.18. The molecule has 0 aliphatic carbocycles.